The number of halogens is 1. The van der Waals surface area contributed by atoms with Crippen LogP contribution in [0.4, 0.5) is 0 Å². The van der Waals surface area contributed by atoms with E-state index in [1.54, 1.807) is 0 Å². The zero-order valence-corrected chi connectivity index (χ0v) is 15.5. The van der Waals surface area contributed by atoms with Crippen molar-refractivity contribution in [2.24, 2.45) is 0 Å². The number of carbonyl (C=O) groups is 1. The van der Waals surface area contributed by atoms with Crippen LogP contribution in [-0.2, 0) is 11.2 Å². The summed E-state index contributed by atoms with van der Waals surface area (Å²) in [7, 11) is 2.02. The lowest BCUT2D eigenvalue weighted by Crippen LogP contribution is -2.26. The lowest BCUT2D eigenvalue weighted by atomic mass is 10.1. The minimum absolute atomic E-state index is 0. The number of likely N-dealkylation sites (N-methyl/N-ethyl adjacent to an activating group) is 1. The summed E-state index contributed by atoms with van der Waals surface area (Å²) in [4.78, 5) is 13.0. The molecule has 0 aromatic heterocycles. The molecular weight excluding hydrogens is 338 g/mol. The summed E-state index contributed by atoms with van der Waals surface area (Å²) in [6, 6.07) is 17.3. The van der Waals surface area contributed by atoms with Crippen LogP contribution < -0.4 is 4.74 Å². The van der Waals surface area contributed by atoms with E-state index < -0.39 is 6.10 Å². The van der Waals surface area contributed by atoms with Crippen molar-refractivity contribution in [3.63, 3.8) is 0 Å². The summed E-state index contributed by atoms with van der Waals surface area (Å²) in [5, 5.41) is 10.2. The Labute approximate surface area is 155 Å². The third-order valence-electron chi connectivity index (χ3n) is 3.86. The van der Waals surface area contributed by atoms with Crippen molar-refractivity contribution in [3.8, 4) is 5.75 Å². The molecule has 2 aromatic carbocycles. The Morgan fingerprint density at radius 3 is 2.36 bits per heavy atom. The Morgan fingerprint density at radius 1 is 1.12 bits per heavy atom. The highest BCUT2D eigenvalue weighted by molar-refractivity contribution is 5.85. The predicted octanol–water partition coefficient (Wildman–Crippen LogP) is 3.63. The van der Waals surface area contributed by atoms with Crippen LogP contribution in [0.5, 0.6) is 5.75 Å². The maximum atomic E-state index is 10.9. The van der Waals surface area contributed by atoms with Gasteiger partial charge in [-0.3, -0.25) is 4.79 Å². The minimum atomic E-state index is -0.459. The zero-order valence-electron chi connectivity index (χ0n) is 14.7. The third kappa shape index (κ3) is 7.69. The molecule has 4 nitrogen and oxygen atoms in total. The number of ether oxygens (including phenoxy) is 1. The van der Waals surface area contributed by atoms with Gasteiger partial charge >= 0.3 is 5.97 Å². The second-order valence-electron chi connectivity index (χ2n) is 6.03. The van der Waals surface area contributed by atoms with Gasteiger partial charge in [0.2, 0.25) is 0 Å². The normalized spacial score (nSPS) is 11.7. The lowest BCUT2D eigenvalue weighted by Gasteiger charge is -2.20. The van der Waals surface area contributed by atoms with Crippen LogP contribution in [0.25, 0.3) is 0 Å². The largest absolute Gasteiger partial charge is 0.427 e. The van der Waals surface area contributed by atoms with Crippen molar-refractivity contribution in [1.29, 1.82) is 0 Å². The van der Waals surface area contributed by atoms with E-state index in [4.69, 9.17) is 4.74 Å². The van der Waals surface area contributed by atoms with Crippen molar-refractivity contribution in [2.45, 2.75) is 25.9 Å². The number of aliphatic hydroxyl groups is 1. The maximum absolute atomic E-state index is 10.9. The molecule has 0 radical (unpaired) electrons. The smallest absolute Gasteiger partial charge is 0.308 e. The van der Waals surface area contributed by atoms with E-state index in [9.17, 15) is 9.90 Å². The van der Waals surface area contributed by atoms with Crippen LogP contribution in [-0.4, -0.2) is 36.1 Å². The Morgan fingerprint density at radius 2 is 1.76 bits per heavy atom. The number of aliphatic hydroxyl groups excluding tert-OH is 1. The monoisotopic (exact) mass is 363 g/mol. The van der Waals surface area contributed by atoms with Gasteiger partial charge in [-0.15, -0.1) is 12.4 Å². The van der Waals surface area contributed by atoms with Gasteiger partial charge < -0.3 is 14.7 Å². The summed E-state index contributed by atoms with van der Waals surface area (Å²) >= 11 is 0. The summed E-state index contributed by atoms with van der Waals surface area (Å²) in [5.41, 5.74) is 2.16. The zero-order chi connectivity index (χ0) is 17.4. The number of nitrogens with zero attached hydrogens (tertiary/aromatic N) is 1. The van der Waals surface area contributed by atoms with Crippen LogP contribution in [0, 0.1) is 0 Å². The highest BCUT2D eigenvalue weighted by Crippen LogP contribution is 2.15. The molecule has 5 heteroatoms. The van der Waals surface area contributed by atoms with Gasteiger partial charge in [-0.1, -0.05) is 42.5 Å². The second-order valence-corrected chi connectivity index (χ2v) is 6.03. The topological polar surface area (TPSA) is 49.8 Å². The van der Waals surface area contributed by atoms with Crippen LogP contribution >= 0.6 is 12.4 Å². The van der Waals surface area contributed by atoms with Gasteiger partial charge in [0.05, 0.1) is 6.10 Å². The number of carbonyl (C=O) groups excluding carboxylic acids is 1. The van der Waals surface area contributed by atoms with Crippen molar-refractivity contribution < 1.29 is 14.6 Å². The molecule has 0 bridgehead atoms. The lowest BCUT2D eigenvalue weighted by molar-refractivity contribution is -0.131. The highest BCUT2D eigenvalue weighted by atomic mass is 35.5. The summed E-state index contributed by atoms with van der Waals surface area (Å²) in [5.74, 6) is 0.274. The van der Waals surface area contributed by atoms with Crippen LogP contribution in [0.3, 0.4) is 0 Å². The Hall–Kier alpha value is -1.88. The quantitative estimate of drug-likeness (QED) is 0.574. The molecule has 2 rings (SSSR count). The fourth-order valence-electron chi connectivity index (χ4n) is 2.61. The van der Waals surface area contributed by atoms with E-state index >= 15 is 0 Å². The van der Waals surface area contributed by atoms with E-state index in [0.717, 1.165) is 24.9 Å². The van der Waals surface area contributed by atoms with Crippen LogP contribution in [0.1, 0.15) is 30.6 Å². The van der Waals surface area contributed by atoms with Gasteiger partial charge in [0.15, 0.2) is 0 Å². The number of esters is 1. The molecule has 0 saturated carbocycles. The van der Waals surface area contributed by atoms with E-state index in [0.29, 0.717) is 12.3 Å². The molecule has 1 atom stereocenters. The minimum Gasteiger partial charge on any atom is -0.427 e. The van der Waals surface area contributed by atoms with E-state index in [2.05, 4.69) is 4.90 Å². The predicted molar refractivity (Wildman–Crippen MR) is 102 cm³/mol. The van der Waals surface area contributed by atoms with Gasteiger partial charge in [0.1, 0.15) is 5.75 Å². The van der Waals surface area contributed by atoms with E-state index in [1.807, 2.05) is 61.6 Å². The number of hydrogen-bond acceptors (Lipinski definition) is 4. The molecule has 0 aliphatic heterocycles. The first kappa shape index (κ1) is 21.2. The van der Waals surface area contributed by atoms with Gasteiger partial charge in [-0.25, -0.2) is 0 Å². The maximum Gasteiger partial charge on any atom is 0.308 e. The molecule has 136 valence electrons. The fourth-order valence-corrected chi connectivity index (χ4v) is 2.61. The molecule has 0 aliphatic rings. The molecule has 0 aliphatic carbocycles. The molecule has 0 unspecified atom stereocenters. The molecule has 1 N–H and O–H groups in total. The van der Waals surface area contributed by atoms with Gasteiger partial charge in [-0.05, 0) is 49.7 Å². The molecule has 25 heavy (non-hydrogen) atoms. The summed E-state index contributed by atoms with van der Waals surface area (Å²) < 4.78 is 5.02. The molecule has 0 heterocycles. The van der Waals surface area contributed by atoms with E-state index in [1.165, 1.54) is 12.5 Å². The van der Waals surface area contributed by atoms with Crippen molar-refractivity contribution in [3.05, 3.63) is 65.7 Å². The first-order valence-corrected chi connectivity index (χ1v) is 8.23. The van der Waals surface area contributed by atoms with Gasteiger partial charge in [0, 0.05) is 13.5 Å². The van der Waals surface area contributed by atoms with Gasteiger partial charge in [0.25, 0.3) is 0 Å². The average Bonchev–Trinajstić information content (AvgIpc) is 2.57. The van der Waals surface area contributed by atoms with E-state index in [-0.39, 0.29) is 18.4 Å². The Balaban J connectivity index is 0.00000312. The van der Waals surface area contributed by atoms with Crippen molar-refractivity contribution in [1.82, 2.24) is 4.90 Å². The number of hydrogen-bond donors (Lipinski definition) is 1. The SMILES string of the molecule is CC(=O)Oc1ccc(CCCN(C)C[C@@H](O)c2ccccc2)cc1.Cl. The number of aryl methyl sites for hydroxylation is 1. The Kier molecular flexibility index (Phi) is 9.21. The first-order chi connectivity index (χ1) is 11.5. The van der Waals surface area contributed by atoms with Crippen molar-refractivity contribution >= 4 is 18.4 Å². The van der Waals surface area contributed by atoms with Crippen molar-refractivity contribution in [2.75, 3.05) is 20.1 Å². The second kappa shape index (κ2) is 10.9. The number of benzene rings is 2. The van der Waals surface area contributed by atoms with Crippen LogP contribution in [0.15, 0.2) is 54.6 Å². The molecular formula is C20H26ClNO3. The third-order valence-corrected chi connectivity index (χ3v) is 3.86. The first-order valence-electron chi connectivity index (χ1n) is 8.23. The summed E-state index contributed by atoms with van der Waals surface area (Å²) in [6.07, 6.45) is 1.50. The highest BCUT2D eigenvalue weighted by Gasteiger charge is 2.10. The Bertz CT molecular complexity index is 631. The standard InChI is InChI=1S/C20H25NO3.ClH/c1-16(22)24-19-12-10-17(11-13-19)7-6-14-21(2)15-20(23)18-8-4-3-5-9-18;/h3-5,8-13,20,23H,6-7,14-15H2,1-2H3;1H/t20-;/m1./s1. The van der Waals surface area contributed by atoms with Gasteiger partial charge in [-0.2, -0.15) is 0 Å². The molecule has 0 fully saturated rings. The fraction of sp³-hybridized carbons (Fsp3) is 0.350. The molecule has 2 aromatic rings. The van der Waals surface area contributed by atoms with Crippen LogP contribution in [0.2, 0.25) is 0 Å². The summed E-state index contributed by atoms with van der Waals surface area (Å²) in [6.45, 7) is 2.93. The average molecular weight is 364 g/mol. The molecule has 0 spiro atoms. The molecule has 0 saturated heterocycles. The number of rotatable bonds is 8. The molecule has 0 amide bonds.